The van der Waals surface area contributed by atoms with Gasteiger partial charge in [-0.05, 0) is 63.9 Å². The average Bonchev–Trinajstić information content (AvgIpc) is 3.19. The van der Waals surface area contributed by atoms with Gasteiger partial charge in [-0.15, -0.1) is 0 Å². The summed E-state index contributed by atoms with van der Waals surface area (Å²) in [7, 11) is 1.37. The lowest BCUT2D eigenvalue weighted by Crippen LogP contribution is -2.29. The lowest BCUT2D eigenvalue weighted by atomic mass is 9.92. The number of nitrogens with zero attached hydrogens (tertiary/aromatic N) is 2. The van der Waals surface area contributed by atoms with E-state index in [0.29, 0.717) is 17.8 Å². The molecule has 0 N–H and O–H groups in total. The van der Waals surface area contributed by atoms with E-state index in [1.165, 1.54) is 19.2 Å². The largest absolute Gasteiger partial charge is 0.467 e. The number of halogens is 1. The number of carbonyl (C=O) groups excluding carboxylic acids is 1. The van der Waals surface area contributed by atoms with Gasteiger partial charge < -0.3 is 14.0 Å². The molecule has 2 aromatic heterocycles. The molecular weight excluding hydrogens is 443 g/mol. The minimum atomic E-state index is -0.936. The molecule has 2 heterocycles. The van der Waals surface area contributed by atoms with E-state index in [-0.39, 0.29) is 5.82 Å². The Hall–Kier alpha value is -3.51. The first-order valence-corrected chi connectivity index (χ1v) is 11.6. The van der Waals surface area contributed by atoms with E-state index in [9.17, 15) is 9.18 Å². The Labute approximate surface area is 205 Å². The summed E-state index contributed by atoms with van der Waals surface area (Å²) in [4.78, 5) is 17.9. The molecule has 0 aliphatic heterocycles. The molecule has 0 aliphatic carbocycles. The van der Waals surface area contributed by atoms with Crippen LogP contribution in [0.4, 0.5) is 4.39 Å². The number of hydrogen-bond acceptors (Lipinski definition) is 4. The highest BCUT2D eigenvalue weighted by molar-refractivity contribution is 5.98. The number of methoxy groups -OCH3 is 1. The number of aromatic nitrogens is 2. The van der Waals surface area contributed by atoms with E-state index < -0.39 is 17.7 Å². The van der Waals surface area contributed by atoms with Crippen LogP contribution < -0.4 is 0 Å². The van der Waals surface area contributed by atoms with Gasteiger partial charge in [0.1, 0.15) is 11.5 Å². The quantitative estimate of drug-likeness (QED) is 0.298. The van der Waals surface area contributed by atoms with Crippen LogP contribution in [0, 0.1) is 19.7 Å². The third-order valence-corrected chi connectivity index (χ3v) is 5.89. The van der Waals surface area contributed by atoms with Crippen LogP contribution in [0.5, 0.6) is 0 Å². The average molecular weight is 475 g/mol. The summed E-state index contributed by atoms with van der Waals surface area (Å²) >= 11 is 0. The Morgan fingerprint density at radius 1 is 1.03 bits per heavy atom. The predicted octanol–water partition coefficient (Wildman–Crippen LogP) is 6.54. The lowest BCUT2D eigenvalue weighted by molar-refractivity contribution is -0.164. The number of carbonyl (C=O) groups is 1. The molecule has 0 bridgehead atoms. The van der Waals surface area contributed by atoms with Crippen LogP contribution in [0.15, 0.2) is 60.8 Å². The van der Waals surface area contributed by atoms with E-state index >= 15 is 0 Å². The topological polar surface area (TPSA) is 53.4 Å². The van der Waals surface area contributed by atoms with Crippen molar-refractivity contribution in [1.82, 2.24) is 9.55 Å². The first-order valence-electron chi connectivity index (χ1n) is 11.6. The van der Waals surface area contributed by atoms with Gasteiger partial charge in [0.05, 0.1) is 12.7 Å². The van der Waals surface area contributed by atoms with Crippen molar-refractivity contribution in [3.05, 3.63) is 89.0 Å². The fraction of sp³-hybridized carbons (Fsp3) is 0.310. The Balaban J connectivity index is 1.96. The number of benzene rings is 2. The van der Waals surface area contributed by atoms with Crippen LogP contribution in [0.25, 0.3) is 22.2 Å². The number of esters is 1. The second kappa shape index (κ2) is 9.62. The Bertz CT molecular complexity index is 1350. The molecule has 0 amide bonds. The van der Waals surface area contributed by atoms with Crippen molar-refractivity contribution < 1.29 is 18.7 Å². The summed E-state index contributed by atoms with van der Waals surface area (Å²) in [5.41, 5.74) is 5.55. The zero-order chi connectivity index (χ0) is 25.3. The molecule has 0 spiro atoms. The van der Waals surface area contributed by atoms with Crippen molar-refractivity contribution in [2.75, 3.05) is 7.11 Å². The Morgan fingerprint density at radius 3 is 2.29 bits per heavy atom. The first-order chi connectivity index (χ1) is 16.6. The van der Waals surface area contributed by atoms with Gasteiger partial charge in [-0.25, -0.2) is 14.2 Å². The minimum Gasteiger partial charge on any atom is -0.467 e. The predicted molar refractivity (Wildman–Crippen MR) is 136 cm³/mol. The minimum absolute atomic E-state index is 0.265. The van der Waals surface area contributed by atoms with Crippen LogP contribution in [0.3, 0.4) is 0 Å². The highest BCUT2D eigenvalue weighted by Crippen LogP contribution is 2.40. The third-order valence-electron chi connectivity index (χ3n) is 5.89. The first kappa shape index (κ1) is 24.6. The molecule has 0 aliphatic rings. The fourth-order valence-electron chi connectivity index (χ4n) is 4.28. The monoisotopic (exact) mass is 474 g/mol. The number of aryl methyl sites for hydroxylation is 2. The molecule has 2 aromatic carbocycles. The van der Waals surface area contributed by atoms with Gasteiger partial charge >= 0.3 is 5.97 Å². The summed E-state index contributed by atoms with van der Waals surface area (Å²) in [5, 5.41) is 0.906. The van der Waals surface area contributed by atoms with Gasteiger partial charge in [-0.3, -0.25) is 0 Å². The smallest absolute Gasteiger partial charge is 0.339 e. The highest BCUT2D eigenvalue weighted by atomic mass is 19.1. The number of hydrogen-bond donors (Lipinski definition) is 0. The maximum atomic E-state index is 13.4. The van der Waals surface area contributed by atoms with E-state index in [1.54, 1.807) is 12.1 Å². The van der Waals surface area contributed by atoms with Gasteiger partial charge in [0, 0.05) is 34.9 Å². The second-order valence-electron chi connectivity index (χ2n) is 9.79. The van der Waals surface area contributed by atoms with Crippen molar-refractivity contribution in [3.63, 3.8) is 0 Å². The van der Waals surface area contributed by atoms with Gasteiger partial charge in [0.25, 0.3) is 0 Å². The molecule has 0 saturated heterocycles. The Morgan fingerprint density at radius 2 is 1.69 bits per heavy atom. The van der Waals surface area contributed by atoms with Crippen molar-refractivity contribution in [3.8, 4) is 11.1 Å². The molecule has 1 unspecified atom stereocenters. The van der Waals surface area contributed by atoms with Crippen LogP contribution in [-0.2, 0) is 20.8 Å². The molecular formula is C29H31FN2O3. The molecule has 5 nitrogen and oxygen atoms in total. The van der Waals surface area contributed by atoms with Crippen LogP contribution in [0.2, 0.25) is 0 Å². The summed E-state index contributed by atoms with van der Waals surface area (Å²) in [5.74, 6) is -0.734. The zero-order valence-electron chi connectivity index (χ0n) is 21.1. The zero-order valence-corrected chi connectivity index (χ0v) is 21.1. The SMILES string of the molecule is COC(=O)C(OC(C)(C)C)c1c(C)nc2c(ccn2Cc2ccc(F)cc2)c1-c1ccc(C)cc1. The summed E-state index contributed by atoms with van der Waals surface area (Å²) in [6, 6.07) is 16.7. The van der Waals surface area contributed by atoms with Gasteiger partial charge in [0.2, 0.25) is 0 Å². The normalized spacial score (nSPS) is 12.7. The van der Waals surface area contributed by atoms with Crippen LogP contribution in [0.1, 0.15) is 49.3 Å². The maximum absolute atomic E-state index is 13.4. The molecule has 4 aromatic rings. The van der Waals surface area contributed by atoms with E-state index in [4.69, 9.17) is 14.5 Å². The van der Waals surface area contributed by atoms with Gasteiger partial charge in [-0.1, -0.05) is 42.0 Å². The number of fused-ring (bicyclic) bond motifs is 1. The van der Waals surface area contributed by atoms with Gasteiger partial charge in [-0.2, -0.15) is 0 Å². The summed E-state index contributed by atoms with van der Waals surface area (Å²) in [6.45, 7) is 10.2. The van der Waals surface area contributed by atoms with Crippen molar-refractivity contribution in [1.29, 1.82) is 0 Å². The van der Waals surface area contributed by atoms with E-state index in [2.05, 4.69) is 12.1 Å². The molecule has 0 saturated carbocycles. The molecule has 35 heavy (non-hydrogen) atoms. The third kappa shape index (κ3) is 5.28. The molecule has 1 atom stereocenters. The van der Waals surface area contributed by atoms with Gasteiger partial charge in [0.15, 0.2) is 6.10 Å². The van der Waals surface area contributed by atoms with E-state index in [0.717, 1.165) is 33.3 Å². The molecule has 0 fully saturated rings. The molecule has 0 radical (unpaired) electrons. The van der Waals surface area contributed by atoms with Crippen molar-refractivity contribution in [2.45, 2.75) is 52.9 Å². The maximum Gasteiger partial charge on any atom is 0.339 e. The number of pyridine rings is 1. The standard InChI is InChI=1S/C29H31FN2O3/c1-18-7-11-21(12-8-18)25-23-15-16-32(17-20-9-13-22(30)14-10-20)27(23)31-19(2)24(25)26(28(33)34-6)35-29(3,4)5/h7-16,26H,17H2,1-6H3. The summed E-state index contributed by atoms with van der Waals surface area (Å²) < 4.78 is 26.8. The number of rotatable bonds is 6. The molecule has 4 rings (SSSR count). The molecule has 6 heteroatoms. The summed E-state index contributed by atoms with van der Waals surface area (Å²) in [6.07, 6.45) is 1.04. The fourth-order valence-corrected chi connectivity index (χ4v) is 4.28. The van der Waals surface area contributed by atoms with Crippen LogP contribution in [-0.4, -0.2) is 28.2 Å². The Kier molecular flexibility index (Phi) is 6.77. The lowest BCUT2D eigenvalue weighted by Gasteiger charge is -2.28. The highest BCUT2D eigenvalue weighted by Gasteiger charge is 2.33. The second-order valence-corrected chi connectivity index (χ2v) is 9.79. The number of ether oxygens (including phenoxy) is 2. The van der Waals surface area contributed by atoms with E-state index in [1.807, 2.05) is 63.6 Å². The van der Waals surface area contributed by atoms with Crippen molar-refractivity contribution in [2.24, 2.45) is 0 Å². The van der Waals surface area contributed by atoms with Crippen LogP contribution >= 0.6 is 0 Å². The molecule has 182 valence electrons. The van der Waals surface area contributed by atoms with Crippen molar-refractivity contribution >= 4 is 17.0 Å².